The molecule has 1 N–H and O–H groups in total. The van der Waals surface area contributed by atoms with Gasteiger partial charge in [-0.2, -0.15) is 0 Å². The van der Waals surface area contributed by atoms with Crippen molar-refractivity contribution in [1.82, 2.24) is 0 Å². The molecule has 0 saturated heterocycles. The molecular weight excluding hydrogens is 164 g/mol. The van der Waals surface area contributed by atoms with Crippen molar-refractivity contribution < 1.29 is 24.2 Å². The Kier molecular flexibility index (Phi) is 5.77. The van der Waals surface area contributed by atoms with Crippen LogP contribution in [0.4, 0.5) is 4.79 Å². The molecule has 0 saturated carbocycles. The van der Waals surface area contributed by atoms with Gasteiger partial charge in [-0.3, -0.25) is 0 Å². The fraction of sp³-hybridized carbons (Fsp3) is 0.714. The van der Waals surface area contributed by atoms with Gasteiger partial charge in [-0.1, -0.05) is 13.3 Å². The van der Waals surface area contributed by atoms with E-state index in [1.165, 1.54) is 0 Å². The SMILES string of the molecule is CCCCOC(=O)COC(=O)O. The molecule has 0 radical (unpaired) electrons. The molecule has 0 amide bonds. The quantitative estimate of drug-likeness (QED) is 0.500. The third-order valence-corrected chi connectivity index (χ3v) is 1.07. The Morgan fingerprint density at radius 2 is 2.00 bits per heavy atom. The van der Waals surface area contributed by atoms with Crippen molar-refractivity contribution in [2.75, 3.05) is 13.2 Å². The average molecular weight is 176 g/mol. The predicted octanol–water partition coefficient (Wildman–Crippen LogP) is 1.02. The average Bonchev–Trinajstić information content (AvgIpc) is 2.01. The van der Waals surface area contributed by atoms with E-state index in [1.807, 2.05) is 6.92 Å². The maximum absolute atomic E-state index is 10.6. The number of esters is 1. The van der Waals surface area contributed by atoms with Gasteiger partial charge in [0.2, 0.25) is 0 Å². The van der Waals surface area contributed by atoms with Crippen LogP contribution in [0.1, 0.15) is 19.8 Å². The maximum atomic E-state index is 10.6. The van der Waals surface area contributed by atoms with E-state index in [0.717, 1.165) is 12.8 Å². The van der Waals surface area contributed by atoms with Crippen LogP contribution in [0.5, 0.6) is 0 Å². The summed E-state index contributed by atoms with van der Waals surface area (Å²) in [5.41, 5.74) is 0. The molecule has 0 aromatic carbocycles. The third kappa shape index (κ3) is 6.85. The van der Waals surface area contributed by atoms with Gasteiger partial charge in [-0.05, 0) is 6.42 Å². The van der Waals surface area contributed by atoms with Crippen molar-refractivity contribution in [3.8, 4) is 0 Å². The van der Waals surface area contributed by atoms with Crippen molar-refractivity contribution in [2.45, 2.75) is 19.8 Å². The second kappa shape index (κ2) is 6.45. The van der Waals surface area contributed by atoms with Gasteiger partial charge in [0.25, 0.3) is 0 Å². The van der Waals surface area contributed by atoms with Gasteiger partial charge < -0.3 is 14.6 Å². The van der Waals surface area contributed by atoms with Crippen LogP contribution in [0.3, 0.4) is 0 Å². The number of rotatable bonds is 5. The number of hydrogen-bond donors (Lipinski definition) is 1. The molecule has 0 aliphatic carbocycles. The van der Waals surface area contributed by atoms with E-state index in [9.17, 15) is 9.59 Å². The zero-order valence-corrected chi connectivity index (χ0v) is 6.91. The van der Waals surface area contributed by atoms with Gasteiger partial charge in [0.05, 0.1) is 6.61 Å². The van der Waals surface area contributed by atoms with Crippen LogP contribution in [0.2, 0.25) is 0 Å². The summed E-state index contributed by atoms with van der Waals surface area (Å²) in [6.45, 7) is 1.75. The fourth-order valence-electron chi connectivity index (χ4n) is 0.493. The lowest BCUT2D eigenvalue weighted by atomic mass is 10.4. The van der Waals surface area contributed by atoms with E-state index in [2.05, 4.69) is 9.47 Å². The minimum absolute atomic E-state index is 0.318. The first kappa shape index (κ1) is 10.7. The summed E-state index contributed by atoms with van der Waals surface area (Å²) < 4.78 is 8.58. The Balaban J connectivity index is 3.28. The lowest BCUT2D eigenvalue weighted by molar-refractivity contribution is -0.147. The molecule has 0 aromatic rings. The van der Waals surface area contributed by atoms with Crippen molar-refractivity contribution in [1.29, 1.82) is 0 Å². The van der Waals surface area contributed by atoms with E-state index >= 15 is 0 Å². The standard InChI is InChI=1S/C7H12O5/c1-2-3-4-11-6(8)5-12-7(9)10/h2-5H2,1H3,(H,9,10). The van der Waals surface area contributed by atoms with Crippen LogP contribution in [0, 0.1) is 0 Å². The van der Waals surface area contributed by atoms with E-state index in [4.69, 9.17) is 5.11 Å². The summed E-state index contributed by atoms with van der Waals surface area (Å²) in [5.74, 6) is -0.647. The summed E-state index contributed by atoms with van der Waals surface area (Å²) in [6.07, 6.45) is 0.230. The Bertz CT molecular complexity index is 154. The topological polar surface area (TPSA) is 72.8 Å². The molecule has 0 atom stereocenters. The molecule has 0 fully saturated rings. The number of carbonyl (C=O) groups excluding carboxylic acids is 1. The molecule has 0 aromatic heterocycles. The van der Waals surface area contributed by atoms with Gasteiger partial charge in [0.15, 0.2) is 6.61 Å². The van der Waals surface area contributed by atoms with Gasteiger partial charge >= 0.3 is 12.1 Å². The van der Waals surface area contributed by atoms with Gasteiger partial charge in [0.1, 0.15) is 0 Å². The molecule has 0 heterocycles. The Hall–Kier alpha value is -1.26. The molecule has 0 rings (SSSR count). The Morgan fingerprint density at radius 1 is 1.33 bits per heavy atom. The van der Waals surface area contributed by atoms with E-state index < -0.39 is 18.7 Å². The lowest BCUT2D eigenvalue weighted by Gasteiger charge is -2.02. The largest absolute Gasteiger partial charge is 0.506 e. The zero-order valence-electron chi connectivity index (χ0n) is 6.91. The second-order valence-electron chi connectivity index (χ2n) is 2.13. The number of unbranched alkanes of at least 4 members (excludes halogenated alkanes) is 1. The Morgan fingerprint density at radius 3 is 2.50 bits per heavy atom. The smallest absolute Gasteiger partial charge is 0.463 e. The Labute approximate surface area is 70.3 Å². The van der Waals surface area contributed by atoms with Crippen LogP contribution in [0.15, 0.2) is 0 Å². The van der Waals surface area contributed by atoms with E-state index in [0.29, 0.717) is 6.61 Å². The summed E-state index contributed by atoms with van der Waals surface area (Å²) in [4.78, 5) is 20.4. The molecular formula is C7H12O5. The van der Waals surface area contributed by atoms with Crippen LogP contribution in [0.25, 0.3) is 0 Å². The van der Waals surface area contributed by atoms with E-state index in [1.54, 1.807) is 0 Å². The summed E-state index contributed by atoms with van der Waals surface area (Å²) in [7, 11) is 0. The number of ether oxygens (including phenoxy) is 2. The van der Waals surface area contributed by atoms with Crippen LogP contribution in [-0.4, -0.2) is 30.4 Å². The van der Waals surface area contributed by atoms with Crippen LogP contribution in [-0.2, 0) is 14.3 Å². The molecule has 12 heavy (non-hydrogen) atoms. The number of carboxylic acid groups (broad SMARTS) is 1. The molecule has 0 unspecified atom stereocenters. The highest BCUT2D eigenvalue weighted by Gasteiger charge is 2.05. The summed E-state index contributed by atoms with van der Waals surface area (Å²) in [6, 6.07) is 0. The van der Waals surface area contributed by atoms with Gasteiger partial charge in [-0.25, -0.2) is 9.59 Å². The first-order valence-electron chi connectivity index (χ1n) is 3.68. The fourth-order valence-corrected chi connectivity index (χ4v) is 0.493. The molecule has 0 spiro atoms. The molecule has 0 bridgehead atoms. The minimum Gasteiger partial charge on any atom is -0.463 e. The predicted molar refractivity (Wildman–Crippen MR) is 39.8 cm³/mol. The van der Waals surface area contributed by atoms with Gasteiger partial charge in [-0.15, -0.1) is 0 Å². The highest BCUT2D eigenvalue weighted by Crippen LogP contribution is 1.89. The maximum Gasteiger partial charge on any atom is 0.506 e. The second-order valence-corrected chi connectivity index (χ2v) is 2.13. The van der Waals surface area contributed by atoms with Crippen molar-refractivity contribution in [2.24, 2.45) is 0 Å². The molecule has 0 aliphatic rings. The highest BCUT2D eigenvalue weighted by atomic mass is 16.7. The summed E-state index contributed by atoms with van der Waals surface area (Å²) >= 11 is 0. The number of hydrogen-bond acceptors (Lipinski definition) is 4. The normalized spacial score (nSPS) is 9.08. The lowest BCUT2D eigenvalue weighted by Crippen LogP contribution is -2.15. The van der Waals surface area contributed by atoms with E-state index in [-0.39, 0.29) is 0 Å². The molecule has 5 nitrogen and oxygen atoms in total. The zero-order chi connectivity index (χ0) is 9.40. The highest BCUT2D eigenvalue weighted by molar-refractivity contribution is 5.73. The molecule has 70 valence electrons. The first-order valence-corrected chi connectivity index (χ1v) is 3.68. The first-order chi connectivity index (χ1) is 5.66. The summed E-state index contributed by atoms with van der Waals surface area (Å²) in [5, 5.41) is 8.00. The van der Waals surface area contributed by atoms with Crippen LogP contribution >= 0.6 is 0 Å². The molecule has 5 heteroatoms. The monoisotopic (exact) mass is 176 g/mol. The van der Waals surface area contributed by atoms with Crippen molar-refractivity contribution in [3.63, 3.8) is 0 Å². The third-order valence-electron chi connectivity index (χ3n) is 1.07. The van der Waals surface area contributed by atoms with Crippen LogP contribution < -0.4 is 0 Å². The van der Waals surface area contributed by atoms with Gasteiger partial charge in [0, 0.05) is 0 Å². The number of carbonyl (C=O) groups is 2. The van der Waals surface area contributed by atoms with Crippen molar-refractivity contribution in [3.05, 3.63) is 0 Å². The minimum atomic E-state index is -1.47. The van der Waals surface area contributed by atoms with Crippen molar-refractivity contribution >= 4 is 12.1 Å². The molecule has 0 aliphatic heterocycles.